The number of methoxy groups -OCH3 is 2. The maximum Gasteiger partial charge on any atom is 0.337 e. The van der Waals surface area contributed by atoms with Gasteiger partial charge in [0, 0.05) is 5.56 Å². The largest absolute Gasteiger partial charge is 0.496 e. The summed E-state index contributed by atoms with van der Waals surface area (Å²) in [6.07, 6.45) is 0.302. The van der Waals surface area contributed by atoms with Crippen molar-refractivity contribution < 1.29 is 24.2 Å². The molecule has 0 aliphatic heterocycles. The van der Waals surface area contributed by atoms with Gasteiger partial charge < -0.3 is 14.6 Å². The fourth-order valence-corrected chi connectivity index (χ4v) is 2.59. The number of hydrogen-bond donors (Lipinski definition) is 1. The molecule has 5 heteroatoms. The van der Waals surface area contributed by atoms with Crippen LogP contribution in [0.2, 0.25) is 0 Å². The van der Waals surface area contributed by atoms with E-state index in [1.807, 2.05) is 19.1 Å². The van der Waals surface area contributed by atoms with Gasteiger partial charge in [-0.2, -0.15) is 0 Å². The minimum atomic E-state index is -0.920. The van der Waals surface area contributed by atoms with Crippen LogP contribution in [-0.4, -0.2) is 31.3 Å². The number of carbonyl (C=O) groups excluding carboxylic acids is 1. The van der Waals surface area contributed by atoms with Gasteiger partial charge in [0.05, 0.1) is 25.7 Å². The van der Waals surface area contributed by atoms with Crippen LogP contribution in [0.25, 0.3) is 0 Å². The number of hydrogen-bond acceptors (Lipinski definition) is 4. The molecule has 0 radical (unpaired) electrons. The second-order valence-corrected chi connectivity index (χ2v) is 5.53. The third-order valence-electron chi connectivity index (χ3n) is 3.87. The molecule has 2 aromatic carbocycles. The van der Waals surface area contributed by atoms with Gasteiger partial charge in [-0.1, -0.05) is 29.8 Å². The lowest BCUT2D eigenvalue weighted by Gasteiger charge is -2.17. The highest BCUT2D eigenvalue weighted by Crippen LogP contribution is 2.30. The highest BCUT2D eigenvalue weighted by molar-refractivity contribution is 5.89. The Morgan fingerprint density at radius 1 is 1.08 bits per heavy atom. The Labute approximate surface area is 140 Å². The zero-order valence-corrected chi connectivity index (χ0v) is 13.9. The molecular formula is C19H20O5. The maximum absolute atomic E-state index is 11.8. The Balaban J connectivity index is 2.31. The minimum absolute atomic E-state index is 0.302. The van der Waals surface area contributed by atoms with Crippen molar-refractivity contribution in [3.63, 3.8) is 0 Å². The Kier molecular flexibility index (Phi) is 5.58. The monoisotopic (exact) mass is 328 g/mol. The van der Waals surface area contributed by atoms with Crippen LogP contribution in [0.5, 0.6) is 5.75 Å². The van der Waals surface area contributed by atoms with E-state index in [1.165, 1.54) is 14.2 Å². The second kappa shape index (κ2) is 7.64. The summed E-state index contributed by atoms with van der Waals surface area (Å²) in [4.78, 5) is 23.2. The van der Waals surface area contributed by atoms with Gasteiger partial charge >= 0.3 is 11.9 Å². The van der Waals surface area contributed by atoms with Gasteiger partial charge in [-0.15, -0.1) is 0 Å². The van der Waals surface area contributed by atoms with Crippen molar-refractivity contribution in [2.45, 2.75) is 19.3 Å². The number of carboxylic acids is 1. The van der Waals surface area contributed by atoms with Crippen LogP contribution in [0.15, 0.2) is 42.5 Å². The second-order valence-electron chi connectivity index (χ2n) is 5.53. The van der Waals surface area contributed by atoms with Crippen LogP contribution in [-0.2, 0) is 16.0 Å². The number of carboxylic acid groups (broad SMARTS) is 1. The van der Waals surface area contributed by atoms with Crippen LogP contribution in [0.3, 0.4) is 0 Å². The quantitative estimate of drug-likeness (QED) is 0.824. The number of aryl methyl sites for hydroxylation is 1. The number of carbonyl (C=O) groups is 2. The molecule has 2 aromatic rings. The number of ether oxygens (including phenoxy) is 2. The molecule has 0 amide bonds. The van der Waals surface area contributed by atoms with Crippen molar-refractivity contribution in [1.29, 1.82) is 0 Å². The van der Waals surface area contributed by atoms with Gasteiger partial charge in [0.2, 0.25) is 0 Å². The molecule has 0 heterocycles. The van der Waals surface area contributed by atoms with Crippen molar-refractivity contribution >= 4 is 11.9 Å². The van der Waals surface area contributed by atoms with Crippen molar-refractivity contribution in [1.82, 2.24) is 0 Å². The number of esters is 1. The molecule has 0 spiro atoms. The van der Waals surface area contributed by atoms with E-state index in [0.29, 0.717) is 23.3 Å². The van der Waals surface area contributed by atoms with Gasteiger partial charge in [0.25, 0.3) is 0 Å². The van der Waals surface area contributed by atoms with Gasteiger partial charge in [-0.25, -0.2) is 4.79 Å². The number of rotatable bonds is 6. The third kappa shape index (κ3) is 3.93. The summed E-state index contributed by atoms with van der Waals surface area (Å²) in [5.41, 5.74) is 2.86. The molecule has 0 aliphatic rings. The molecule has 0 bridgehead atoms. The van der Waals surface area contributed by atoms with E-state index < -0.39 is 17.9 Å². The highest BCUT2D eigenvalue weighted by Gasteiger charge is 2.24. The van der Waals surface area contributed by atoms with Crippen molar-refractivity contribution in [3.8, 4) is 5.75 Å². The Morgan fingerprint density at radius 3 is 2.29 bits per heavy atom. The first-order chi connectivity index (χ1) is 11.5. The smallest absolute Gasteiger partial charge is 0.337 e. The molecule has 0 aliphatic carbocycles. The number of benzene rings is 2. The Hall–Kier alpha value is -2.82. The molecule has 0 aromatic heterocycles. The van der Waals surface area contributed by atoms with Gasteiger partial charge in [0.15, 0.2) is 0 Å². The van der Waals surface area contributed by atoms with E-state index in [1.54, 1.807) is 30.3 Å². The fourth-order valence-electron chi connectivity index (χ4n) is 2.59. The topological polar surface area (TPSA) is 72.8 Å². The molecule has 1 atom stereocenters. The van der Waals surface area contributed by atoms with E-state index in [2.05, 4.69) is 4.74 Å². The van der Waals surface area contributed by atoms with E-state index in [-0.39, 0.29) is 0 Å². The van der Waals surface area contributed by atoms with Crippen LogP contribution in [0, 0.1) is 6.92 Å². The molecule has 126 valence electrons. The molecule has 0 saturated carbocycles. The van der Waals surface area contributed by atoms with E-state index in [0.717, 1.165) is 11.1 Å². The summed E-state index contributed by atoms with van der Waals surface area (Å²) in [7, 11) is 2.85. The van der Waals surface area contributed by atoms with E-state index in [4.69, 9.17) is 4.74 Å². The summed E-state index contributed by atoms with van der Waals surface area (Å²) in [6, 6.07) is 12.2. The molecule has 2 rings (SSSR count). The Bertz CT molecular complexity index is 734. The lowest BCUT2D eigenvalue weighted by atomic mass is 9.90. The summed E-state index contributed by atoms with van der Waals surface area (Å²) in [5, 5.41) is 9.65. The van der Waals surface area contributed by atoms with E-state index >= 15 is 0 Å². The van der Waals surface area contributed by atoms with Crippen molar-refractivity contribution in [3.05, 3.63) is 64.7 Å². The van der Waals surface area contributed by atoms with E-state index in [9.17, 15) is 14.7 Å². The lowest BCUT2D eigenvalue weighted by molar-refractivity contribution is -0.138. The van der Waals surface area contributed by atoms with Gasteiger partial charge in [-0.05, 0) is 37.1 Å². The maximum atomic E-state index is 11.8. The highest BCUT2D eigenvalue weighted by atomic mass is 16.5. The zero-order chi connectivity index (χ0) is 17.7. The SMILES string of the molecule is COC(=O)c1ccc(CC(C(=O)O)c2cc(C)ccc2OC)cc1. The van der Waals surface area contributed by atoms with Crippen molar-refractivity contribution in [2.24, 2.45) is 0 Å². The first-order valence-corrected chi connectivity index (χ1v) is 7.51. The Morgan fingerprint density at radius 2 is 1.75 bits per heavy atom. The molecule has 5 nitrogen and oxygen atoms in total. The molecule has 24 heavy (non-hydrogen) atoms. The first kappa shape index (κ1) is 17.5. The third-order valence-corrected chi connectivity index (χ3v) is 3.87. The molecule has 0 saturated heterocycles. The normalized spacial score (nSPS) is 11.6. The van der Waals surface area contributed by atoms with Gasteiger partial charge in [-0.3, -0.25) is 4.79 Å². The fraction of sp³-hybridized carbons (Fsp3) is 0.263. The van der Waals surface area contributed by atoms with Crippen LogP contribution >= 0.6 is 0 Å². The predicted octanol–water partition coefficient (Wildman–Crippen LogP) is 3.20. The van der Waals surface area contributed by atoms with Crippen LogP contribution in [0.4, 0.5) is 0 Å². The van der Waals surface area contributed by atoms with Crippen molar-refractivity contribution in [2.75, 3.05) is 14.2 Å². The predicted molar refractivity (Wildman–Crippen MR) is 89.6 cm³/mol. The van der Waals surface area contributed by atoms with Crippen LogP contribution in [0.1, 0.15) is 33.0 Å². The molecule has 1 N–H and O–H groups in total. The van der Waals surface area contributed by atoms with Crippen LogP contribution < -0.4 is 4.74 Å². The lowest BCUT2D eigenvalue weighted by Crippen LogP contribution is -2.16. The summed E-state index contributed by atoms with van der Waals surface area (Å²) in [6.45, 7) is 1.91. The minimum Gasteiger partial charge on any atom is -0.496 e. The standard InChI is InChI=1S/C19H20O5/c1-12-4-9-17(23-2)15(10-12)16(18(20)21)11-13-5-7-14(8-6-13)19(22)24-3/h4-10,16H,11H2,1-3H3,(H,20,21). The van der Waals surface area contributed by atoms with Gasteiger partial charge in [0.1, 0.15) is 5.75 Å². The average Bonchev–Trinajstić information content (AvgIpc) is 2.59. The zero-order valence-electron chi connectivity index (χ0n) is 13.9. The first-order valence-electron chi connectivity index (χ1n) is 7.51. The summed E-state index contributed by atoms with van der Waals surface area (Å²) < 4.78 is 9.97. The summed E-state index contributed by atoms with van der Waals surface area (Å²) in [5.74, 6) is -1.52. The average molecular weight is 328 g/mol. The molecule has 0 fully saturated rings. The molecular weight excluding hydrogens is 308 g/mol. The summed E-state index contributed by atoms with van der Waals surface area (Å²) >= 11 is 0. The molecule has 1 unspecified atom stereocenters. The number of aliphatic carboxylic acids is 1.